The van der Waals surface area contributed by atoms with Crippen molar-refractivity contribution in [3.05, 3.63) is 76.3 Å². The summed E-state index contributed by atoms with van der Waals surface area (Å²) in [5.41, 5.74) is 8.88. The Labute approximate surface area is 189 Å². The average Bonchev–Trinajstić information content (AvgIpc) is 3.01. The summed E-state index contributed by atoms with van der Waals surface area (Å²) in [7, 11) is 2.17. The molecule has 1 aromatic heterocycles. The Balaban J connectivity index is 1.81. The summed E-state index contributed by atoms with van der Waals surface area (Å²) < 4.78 is 5.54. The number of allylic oxidation sites excluding steroid dienone is 3. The number of nitrogens with zero attached hydrogens (tertiary/aromatic N) is 3. The lowest BCUT2D eigenvalue weighted by molar-refractivity contribution is 0.0524. The van der Waals surface area contributed by atoms with Crippen LogP contribution in [0.25, 0.3) is 0 Å². The zero-order chi connectivity index (χ0) is 22.4. The predicted octanol–water partition coefficient (Wildman–Crippen LogP) is 6.25. The Morgan fingerprint density at radius 2 is 2.10 bits per heavy atom. The number of aromatic nitrogens is 1. The maximum absolute atomic E-state index is 5.54. The van der Waals surface area contributed by atoms with E-state index in [4.69, 9.17) is 4.74 Å². The molecule has 1 saturated carbocycles. The molecule has 4 nitrogen and oxygen atoms in total. The van der Waals surface area contributed by atoms with Crippen LogP contribution in [0.5, 0.6) is 0 Å². The maximum atomic E-state index is 5.54. The fraction of sp³-hybridized carbons (Fsp3) is 0.519. The van der Waals surface area contributed by atoms with Crippen molar-refractivity contribution in [3.63, 3.8) is 0 Å². The van der Waals surface area contributed by atoms with Crippen molar-refractivity contribution < 1.29 is 4.74 Å². The second kappa shape index (κ2) is 10.9. The minimum atomic E-state index is 0.223. The number of unbranched alkanes of at least 4 members (excludes halogenated alkanes) is 1. The van der Waals surface area contributed by atoms with E-state index in [0.29, 0.717) is 13.2 Å². The van der Waals surface area contributed by atoms with Crippen LogP contribution in [0.1, 0.15) is 69.7 Å². The van der Waals surface area contributed by atoms with Gasteiger partial charge in [-0.1, -0.05) is 43.7 Å². The lowest BCUT2D eigenvalue weighted by atomic mass is 9.83. The summed E-state index contributed by atoms with van der Waals surface area (Å²) in [6.45, 7) is 15.2. The van der Waals surface area contributed by atoms with E-state index in [1.807, 2.05) is 13.1 Å². The molecule has 4 heteroatoms. The second-order valence-electron chi connectivity index (χ2n) is 8.72. The molecule has 1 aliphatic carbocycles. The molecular formula is C27H39N3O. The number of pyridine rings is 1. The second-order valence-corrected chi connectivity index (χ2v) is 8.72. The zero-order valence-electron chi connectivity index (χ0n) is 20.1. The third kappa shape index (κ3) is 5.55. The minimum absolute atomic E-state index is 0.223. The molecule has 1 aromatic rings. The van der Waals surface area contributed by atoms with Crippen molar-refractivity contribution in [2.24, 2.45) is 0 Å². The molecule has 1 unspecified atom stereocenters. The molecule has 168 valence electrons. The third-order valence-electron chi connectivity index (χ3n) is 6.51. The third-order valence-corrected chi connectivity index (χ3v) is 6.51. The highest BCUT2D eigenvalue weighted by Crippen LogP contribution is 2.37. The molecule has 0 spiro atoms. The molecule has 0 saturated heterocycles. The van der Waals surface area contributed by atoms with Gasteiger partial charge >= 0.3 is 0 Å². The lowest BCUT2D eigenvalue weighted by Gasteiger charge is -2.30. The van der Waals surface area contributed by atoms with E-state index >= 15 is 0 Å². The van der Waals surface area contributed by atoms with Crippen LogP contribution in [-0.4, -0.2) is 34.7 Å². The molecule has 0 N–H and O–H groups in total. The topological polar surface area (TPSA) is 28.6 Å². The summed E-state index contributed by atoms with van der Waals surface area (Å²) in [4.78, 5) is 4.66. The van der Waals surface area contributed by atoms with Crippen LogP contribution in [0.15, 0.2) is 59.5 Å². The Morgan fingerprint density at radius 1 is 1.32 bits per heavy atom. The maximum Gasteiger partial charge on any atom is 0.0890 e. The molecule has 3 rings (SSSR count). The van der Waals surface area contributed by atoms with E-state index in [0.717, 1.165) is 18.7 Å². The number of hydrogen-bond acceptors (Lipinski definition) is 4. The van der Waals surface area contributed by atoms with Crippen molar-refractivity contribution in [1.29, 1.82) is 0 Å². The first kappa shape index (κ1) is 23.5. The Hall–Kier alpha value is -2.17. The SMILES string of the molecule is C=C(C1=CN(Cc2cnc(COCC)c(C)c2)N(C)C1/C=C\CCC)C(C)=C1CCC1. The Kier molecular flexibility index (Phi) is 8.28. The largest absolute Gasteiger partial charge is 0.375 e. The lowest BCUT2D eigenvalue weighted by Crippen LogP contribution is -2.37. The minimum Gasteiger partial charge on any atom is -0.375 e. The summed E-state index contributed by atoms with van der Waals surface area (Å²) >= 11 is 0. The predicted molar refractivity (Wildman–Crippen MR) is 129 cm³/mol. The summed E-state index contributed by atoms with van der Waals surface area (Å²) in [5, 5.41) is 4.63. The van der Waals surface area contributed by atoms with Crippen molar-refractivity contribution in [3.8, 4) is 0 Å². The highest BCUT2D eigenvalue weighted by Gasteiger charge is 2.31. The molecule has 2 heterocycles. The smallest absolute Gasteiger partial charge is 0.0890 e. The van der Waals surface area contributed by atoms with E-state index in [9.17, 15) is 0 Å². The molecule has 0 aromatic carbocycles. The van der Waals surface area contributed by atoms with Gasteiger partial charge < -0.3 is 9.75 Å². The van der Waals surface area contributed by atoms with Gasteiger partial charge in [0.25, 0.3) is 0 Å². The molecule has 1 atom stereocenters. The number of rotatable bonds is 10. The van der Waals surface area contributed by atoms with Crippen LogP contribution < -0.4 is 0 Å². The van der Waals surface area contributed by atoms with Gasteiger partial charge in [-0.2, -0.15) is 0 Å². The van der Waals surface area contributed by atoms with Crippen molar-refractivity contribution >= 4 is 0 Å². The van der Waals surface area contributed by atoms with Gasteiger partial charge in [0.2, 0.25) is 0 Å². The Morgan fingerprint density at radius 3 is 2.71 bits per heavy atom. The molecule has 1 aliphatic heterocycles. The number of hydrogen-bond donors (Lipinski definition) is 0. The van der Waals surface area contributed by atoms with Crippen LogP contribution in [0.2, 0.25) is 0 Å². The molecule has 0 bridgehead atoms. The van der Waals surface area contributed by atoms with Gasteiger partial charge in [-0.15, -0.1) is 0 Å². The molecular weight excluding hydrogens is 382 g/mol. The van der Waals surface area contributed by atoms with E-state index in [-0.39, 0.29) is 6.04 Å². The molecule has 31 heavy (non-hydrogen) atoms. The van der Waals surface area contributed by atoms with Crippen LogP contribution in [0.3, 0.4) is 0 Å². The van der Waals surface area contributed by atoms with Crippen molar-refractivity contribution in [2.45, 2.75) is 79.0 Å². The molecule has 0 amide bonds. The summed E-state index contributed by atoms with van der Waals surface area (Å²) in [6, 6.07) is 2.46. The standard InChI is InChI=1S/C27H39N3O/c1-7-9-10-14-27-25(22(5)21(4)24-12-11-13-24)18-30(29(27)6)17-23-15-20(3)26(28-16-23)19-31-8-2/h10,14-16,18,27H,5,7-9,11-13,17,19H2,1-4,6H3/b14-10-. The average molecular weight is 422 g/mol. The van der Waals surface area contributed by atoms with Gasteiger partial charge in [0.15, 0.2) is 0 Å². The normalized spacial score (nSPS) is 19.1. The highest BCUT2D eigenvalue weighted by atomic mass is 16.5. The monoisotopic (exact) mass is 421 g/mol. The molecule has 2 aliphatic rings. The van der Waals surface area contributed by atoms with Crippen LogP contribution in [-0.2, 0) is 17.9 Å². The van der Waals surface area contributed by atoms with Crippen LogP contribution >= 0.6 is 0 Å². The van der Waals surface area contributed by atoms with Gasteiger partial charge in [-0.3, -0.25) is 4.98 Å². The van der Waals surface area contributed by atoms with E-state index in [1.165, 1.54) is 53.5 Å². The zero-order valence-corrected chi connectivity index (χ0v) is 20.1. The first-order valence-electron chi connectivity index (χ1n) is 11.7. The summed E-state index contributed by atoms with van der Waals surface area (Å²) in [6.07, 6.45) is 15.0. The van der Waals surface area contributed by atoms with E-state index in [1.54, 1.807) is 5.57 Å². The molecule has 1 fully saturated rings. The fourth-order valence-corrected chi connectivity index (χ4v) is 4.17. The van der Waals surface area contributed by atoms with Crippen molar-refractivity contribution in [2.75, 3.05) is 13.7 Å². The number of likely N-dealkylation sites (N-methyl/N-ethyl adjacent to an activating group) is 1. The van der Waals surface area contributed by atoms with E-state index in [2.05, 4.69) is 73.8 Å². The van der Waals surface area contributed by atoms with E-state index < -0.39 is 0 Å². The molecule has 0 radical (unpaired) electrons. The number of aryl methyl sites for hydroxylation is 1. The summed E-state index contributed by atoms with van der Waals surface area (Å²) in [5.74, 6) is 0. The van der Waals surface area contributed by atoms with Gasteiger partial charge in [0.1, 0.15) is 0 Å². The van der Waals surface area contributed by atoms with Gasteiger partial charge in [0, 0.05) is 26.1 Å². The Bertz CT molecular complexity index is 874. The van der Waals surface area contributed by atoms with Crippen LogP contribution in [0.4, 0.5) is 0 Å². The number of ether oxygens (including phenoxy) is 1. The number of hydrazine groups is 1. The van der Waals surface area contributed by atoms with Gasteiger partial charge in [-0.25, -0.2) is 5.01 Å². The first-order chi connectivity index (χ1) is 15.0. The highest BCUT2D eigenvalue weighted by molar-refractivity contribution is 5.51. The van der Waals surface area contributed by atoms with Crippen LogP contribution in [0, 0.1) is 6.92 Å². The fourth-order valence-electron chi connectivity index (χ4n) is 4.17. The quantitative estimate of drug-likeness (QED) is 0.417. The van der Waals surface area contributed by atoms with Gasteiger partial charge in [0.05, 0.1) is 24.9 Å². The van der Waals surface area contributed by atoms with Crippen molar-refractivity contribution in [1.82, 2.24) is 15.0 Å². The first-order valence-corrected chi connectivity index (χ1v) is 11.7. The van der Waals surface area contributed by atoms with Gasteiger partial charge in [-0.05, 0) is 74.3 Å².